The number of urea groups is 1. The number of benzene rings is 2. The average molecular weight is 566 g/mol. The van der Waals surface area contributed by atoms with E-state index < -0.39 is 0 Å². The molecule has 0 aliphatic heterocycles. The molecule has 0 fully saturated rings. The number of fused-ring (bicyclic) bond motifs is 1. The van der Waals surface area contributed by atoms with Crippen LogP contribution >= 0.6 is 24.0 Å². The maximum Gasteiger partial charge on any atom is 0.319 e. The van der Waals surface area contributed by atoms with E-state index in [0.717, 1.165) is 46.6 Å². The van der Waals surface area contributed by atoms with Crippen molar-refractivity contribution < 1.29 is 9.18 Å². The minimum atomic E-state index is -0.233. The molecule has 0 spiro atoms. The van der Waals surface area contributed by atoms with E-state index in [9.17, 15) is 9.18 Å². The van der Waals surface area contributed by atoms with E-state index in [0.29, 0.717) is 13.1 Å². The van der Waals surface area contributed by atoms with Gasteiger partial charge in [0.2, 0.25) is 0 Å². The molecule has 0 saturated carbocycles. The lowest BCUT2D eigenvalue weighted by molar-refractivity contribution is 0.250. The molecule has 0 unspecified atom stereocenters. The molecular formula is C24H32FIN6O. The van der Waals surface area contributed by atoms with E-state index in [1.165, 1.54) is 6.07 Å². The summed E-state index contributed by atoms with van der Waals surface area (Å²) in [5.41, 5.74) is 3.76. The Morgan fingerprint density at radius 2 is 1.88 bits per heavy atom. The van der Waals surface area contributed by atoms with E-state index in [4.69, 9.17) is 0 Å². The topological polar surface area (TPSA) is 93.3 Å². The number of carbonyl (C=O) groups excluding carboxylic acids is 1. The smallest absolute Gasteiger partial charge is 0.319 e. The molecule has 1 aromatic heterocycles. The quantitative estimate of drug-likeness (QED) is 0.155. The van der Waals surface area contributed by atoms with Crippen molar-refractivity contribution in [2.24, 2.45) is 4.99 Å². The normalized spacial score (nSPS) is 11.2. The molecule has 3 aromatic rings. The molecule has 7 nitrogen and oxygen atoms in total. The van der Waals surface area contributed by atoms with Gasteiger partial charge in [-0.2, -0.15) is 0 Å². The summed E-state index contributed by atoms with van der Waals surface area (Å²) in [7, 11) is 0. The van der Waals surface area contributed by atoms with Crippen LogP contribution in [-0.4, -0.2) is 36.1 Å². The summed E-state index contributed by atoms with van der Waals surface area (Å²) in [4.78, 5) is 19.6. The number of carbonyl (C=O) groups is 1. The molecule has 0 radical (unpaired) electrons. The summed E-state index contributed by atoms with van der Waals surface area (Å²) < 4.78 is 13.6. The van der Waals surface area contributed by atoms with Gasteiger partial charge in [-0.1, -0.05) is 12.1 Å². The Bertz CT molecular complexity index is 1060. The Hall–Kier alpha value is -2.82. The SMILES string of the molecule is CCNC(=NCc1ccc(NC(=O)NC(C)C)cc1)NCCc1c[nH]c2ccc(F)cc12.I. The van der Waals surface area contributed by atoms with Gasteiger partial charge in [0.05, 0.1) is 6.54 Å². The van der Waals surface area contributed by atoms with Crippen molar-refractivity contribution in [1.82, 2.24) is 20.9 Å². The Balaban J connectivity index is 0.00000385. The van der Waals surface area contributed by atoms with Crippen molar-refractivity contribution in [3.8, 4) is 0 Å². The van der Waals surface area contributed by atoms with Gasteiger partial charge in [-0.3, -0.25) is 0 Å². The first-order valence-corrected chi connectivity index (χ1v) is 10.9. The standard InChI is InChI=1S/C24H31FN6O.HI/c1-4-26-23(27-12-11-18-15-28-22-10-7-19(25)13-21(18)22)29-14-17-5-8-20(9-6-17)31-24(32)30-16(2)3;/h5-10,13,15-16,28H,4,11-12,14H2,1-3H3,(H2,26,27,29)(H2,30,31,32);1H. The summed E-state index contributed by atoms with van der Waals surface area (Å²) >= 11 is 0. The highest BCUT2D eigenvalue weighted by Gasteiger charge is 2.06. The Labute approximate surface area is 211 Å². The Morgan fingerprint density at radius 3 is 2.58 bits per heavy atom. The molecular weight excluding hydrogens is 534 g/mol. The first-order chi connectivity index (χ1) is 15.4. The van der Waals surface area contributed by atoms with Crippen LogP contribution in [0.4, 0.5) is 14.9 Å². The number of aromatic nitrogens is 1. The number of amides is 2. The van der Waals surface area contributed by atoms with Crippen molar-refractivity contribution >= 4 is 52.6 Å². The van der Waals surface area contributed by atoms with E-state index in [1.54, 1.807) is 12.1 Å². The fourth-order valence-corrected chi connectivity index (χ4v) is 3.31. The van der Waals surface area contributed by atoms with E-state index in [2.05, 4.69) is 31.2 Å². The monoisotopic (exact) mass is 566 g/mol. The molecule has 33 heavy (non-hydrogen) atoms. The molecule has 2 amide bonds. The van der Waals surface area contributed by atoms with Crippen LogP contribution in [0.1, 0.15) is 31.9 Å². The zero-order chi connectivity index (χ0) is 22.9. The molecule has 1 heterocycles. The summed E-state index contributed by atoms with van der Waals surface area (Å²) in [6.45, 7) is 7.77. The second-order valence-electron chi connectivity index (χ2n) is 7.83. The number of aromatic amines is 1. The van der Waals surface area contributed by atoms with Crippen LogP contribution in [0, 0.1) is 5.82 Å². The van der Waals surface area contributed by atoms with Crippen molar-refractivity contribution in [3.63, 3.8) is 0 Å². The zero-order valence-corrected chi connectivity index (χ0v) is 21.5. The van der Waals surface area contributed by atoms with Gasteiger partial charge in [-0.25, -0.2) is 14.2 Å². The first-order valence-electron chi connectivity index (χ1n) is 10.9. The predicted octanol–water partition coefficient (Wildman–Crippen LogP) is 4.75. The second-order valence-corrected chi connectivity index (χ2v) is 7.83. The molecule has 0 bridgehead atoms. The van der Waals surface area contributed by atoms with Gasteiger partial charge < -0.3 is 26.3 Å². The summed E-state index contributed by atoms with van der Waals surface area (Å²) in [6.07, 6.45) is 2.67. The molecule has 0 atom stereocenters. The number of nitrogens with one attached hydrogen (secondary N) is 5. The third-order valence-corrected chi connectivity index (χ3v) is 4.81. The average Bonchev–Trinajstić information content (AvgIpc) is 3.14. The van der Waals surface area contributed by atoms with Crippen molar-refractivity contribution in [2.45, 2.75) is 39.8 Å². The van der Waals surface area contributed by atoms with Crippen LogP contribution in [0.25, 0.3) is 10.9 Å². The van der Waals surface area contributed by atoms with Crippen LogP contribution in [-0.2, 0) is 13.0 Å². The third-order valence-electron chi connectivity index (χ3n) is 4.81. The maximum absolute atomic E-state index is 13.6. The maximum atomic E-state index is 13.6. The van der Waals surface area contributed by atoms with E-state index in [-0.39, 0.29) is 41.9 Å². The van der Waals surface area contributed by atoms with Crippen molar-refractivity contribution in [3.05, 3.63) is 65.6 Å². The molecule has 3 rings (SSSR count). The summed E-state index contributed by atoms with van der Waals surface area (Å²) in [5, 5.41) is 13.1. The molecule has 0 aliphatic carbocycles. The number of H-pyrrole nitrogens is 1. The van der Waals surface area contributed by atoms with Crippen molar-refractivity contribution in [1.29, 1.82) is 0 Å². The largest absolute Gasteiger partial charge is 0.361 e. The van der Waals surface area contributed by atoms with Crippen LogP contribution in [0.5, 0.6) is 0 Å². The van der Waals surface area contributed by atoms with E-state index >= 15 is 0 Å². The molecule has 0 aliphatic rings. The van der Waals surface area contributed by atoms with Crippen LogP contribution in [0.2, 0.25) is 0 Å². The zero-order valence-electron chi connectivity index (χ0n) is 19.2. The Kier molecular flexibility index (Phi) is 10.4. The predicted molar refractivity (Wildman–Crippen MR) is 144 cm³/mol. The van der Waals surface area contributed by atoms with Gasteiger partial charge in [-0.15, -0.1) is 24.0 Å². The number of aliphatic imine (C=N–C) groups is 1. The number of halogens is 2. The molecule has 2 aromatic carbocycles. The number of guanidine groups is 1. The minimum absolute atomic E-state index is 0. The summed E-state index contributed by atoms with van der Waals surface area (Å²) in [6, 6.07) is 12.2. The van der Waals surface area contributed by atoms with Crippen LogP contribution < -0.4 is 21.3 Å². The van der Waals surface area contributed by atoms with Gasteiger partial charge in [-0.05, 0) is 68.7 Å². The van der Waals surface area contributed by atoms with Crippen LogP contribution in [0.3, 0.4) is 0 Å². The second kappa shape index (κ2) is 13.0. The number of hydrogen-bond donors (Lipinski definition) is 5. The Morgan fingerprint density at radius 1 is 1.12 bits per heavy atom. The van der Waals surface area contributed by atoms with Gasteiger partial charge in [0, 0.05) is 41.9 Å². The molecule has 5 N–H and O–H groups in total. The lowest BCUT2D eigenvalue weighted by Crippen LogP contribution is -2.38. The lowest BCUT2D eigenvalue weighted by Gasteiger charge is -2.12. The van der Waals surface area contributed by atoms with Gasteiger partial charge in [0.1, 0.15) is 5.82 Å². The number of nitrogens with zero attached hydrogens (tertiary/aromatic N) is 1. The van der Waals surface area contributed by atoms with Gasteiger partial charge in [0.15, 0.2) is 5.96 Å². The fourth-order valence-electron chi connectivity index (χ4n) is 3.31. The first kappa shape index (κ1) is 26.4. The number of anilines is 1. The molecule has 0 saturated heterocycles. The highest BCUT2D eigenvalue weighted by molar-refractivity contribution is 14.0. The molecule has 9 heteroatoms. The highest BCUT2D eigenvalue weighted by atomic mass is 127. The van der Waals surface area contributed by atoms with Crippen LogP contribution in [0.15, 0.2) is 53.7 Å². The van der Waals surface area contributed by atoms with Gasteiger partial charge >= 0.3 is 6.03 Å². The van der Waals surface area contributed by atoms with E-state index in [1.807, 2.05) is 51.2 Å². The minimum Gasteiger partial charge on any atom is -0.361 e. The lowest BCUT2D eigenvalue weighted by atomic mass is 10.1. The fraction of sp³-hybridized carbons (Fsp3) is 0.333. The molecule has 178 valence electrons. The van der Waals surface area contributed by atoms with Crippen molar-refractivity contribution in [2.75, 3.05) is 18.4 Å². The third kappa shape index (κ3) is 8.23. The summed E-state index contributed by atoms with van der Waals surface area (Å²) in [5.74, 6) is 0.486. The van der Waals surface area contributed by atoms with Gasteiger partial charge in [0.25, 0.3) is 0 Å². The number of hydrogen-bond acceptors (Lipinski definition) is 2. The highest BCUT2D eigenvalue weighted by Crippen LogP contribution is 2.19. The number of rotatable bonds is 8.